The van der Waals surface area contributed by atoms with E-state index in [-0.39, 0.29) is 29.7 Å². The van der Waals surface area contributed by atoms with E-state index in [0.29, 0.717) is 6.07 Å². The Morgan fingerprint density at radius 1 is 1.19 bits per heavy atom. The minimum absolute atomic E-state index is 0.0827. The molecule has 0 unspecified atom stereocenters. The number of nitro benzene ring substituents is 1. The Balaban J connectivity index is 2.16. The molecule has 0 spiro atoms. The largest absolute Gasteiger partial charge is 0.467 e. The lowest BCUT2D eigenvalue weighted by Crippen LogP contribution is -2.43. The third-order valence-corrected chi connectivity index (χ3v) is 3.72. The minimum Gasteiger partial charge on any atom is -0.467 e. The summed E-state index contributed by atoms with van der Waals surface area (Å²) in [7, 11) is 1.11. The van der Waals surface area contributed by atoms with Crippen LogP contribution in [0.3, 0.4) is 0 Å². The minimum atomic E-state index is -1.19. The highest BCUT2D eigenvalue weighted by molar-refractivity contribution is 5.86. The molecule has 0 bridgehead atoms. The summed E-state index contributed by atoms with van der Waals surface area (Å²) in [6, 6.07) is 7.26. The van der Waals surface area contributed by atoms with E-state index in [9.17, 15) is 28.5 Å². The number of carbonyl (C=O) groups is 2. The third-order valence-electron chi connectivity index (χ3n) is 3.72. The van der Waals surface area contributed by atoms with Crippen molar-refractivity contribution in [1.82, 2.24) is 5.32 Å². The second-order valence-corrected chi connectivity index (χ2v) is 5.69. The van der Waals surface area contributed by atoms with Gasteiger partial charge in [0.1, 0.15) is 17.7 Å². The van der Waals surface area contributed by atoms with Gasteiger partial charge >= 0.3 is 5.97 Å². The molecule has 9 heteroatoms. The van der Waals surface area contributed by atoms with E-state index in [1.54, 1.807) is 6.07 Å². The maximum atomic E-state index is 13.2. The number of nitro groups is 1. The predicted octanol–water partition coefficient (Wildman–Crippen LogP) is 2.32. The molecule has 0 aliphatic heterocycles. The fourth-order valence-electron chi connectivity index (χ4n) is 2.56. The number of para-hydroxylation sites is 1. The number of amides is 1. The second-order valence-electron chi connectivity index (χ2n) is 5.69. The molecule has 0 aliphatic rings. The van der Waals surface area contributed by atoms with E-state index >= 15 is 0 Å². The van der Waals surface area contributed by atoms with Crippen LogP contribution < -0.4 is 5.32 Å². The van der Waals surface area contributed by atoms with Gasteiger partial charge in [0.2, 0.25) is 5.91 Å². The van der Waals surface area contributed by atoms with E-state index in [1.807, 2.05) is 0 Å². The van der Waals surface area contributed by atoms with Crippen molar-refractivity contribution in [3.05, 3.63) is 75.3 Å². The first kappa shape index (κ1) is 20.0. The Morgan fingerprint density at radius 2 is 1.81 bits per heavy atom. The molecule has 1 amide bonds. The zero-order chi connectivity index (χ0) is 20.0. The number of nitrogens with one attached hydrogen (secondary N) is 1. The number of methoxy groups -OCH3 is 1. The van der Waals surface area contributed by atoms with E-state index in [2.05, 4.69) is 10.1 Å². The zero-order valence-corrected chi connectivity index (χ0v) is 14.3. The Bertz CT molecular complexity index is 852. The maximum absolute atomic E-state index is 13.2. The molecule has 0 heterocycles. The average Bonchev–Trinajstić information content (AvgIpc) is 2.59. The molecule has 0 saturated carbocycles. The standard InChI is InChI=1S/C18H16F2N2O5/c1-27-18(24)15(9-12-4-2-3-5-16(12)22(25)26)21-17(23)8-11-6-13(19)10-14(20)7-11/h2-7,10,15H,8-9H2,1H3,(H,21,23)/t15-/m0/s1. The quantitative estimate of drug-likeness (QED) is 0.453. The van der Waals surface area contributed by atoms with Gasteiger partial charge in [0.15, 0.2) is 0 Å². The normalized spacial score (nSPS) is 11.5. The summed E-state index contributed by atoms with van der Waals surface area (Å²) in [6.07, 6.45) is -0.549. The smallest absolute Gasteiger partial charge is 0.328 e. The van der Waals surface area contributed by atoms with Crippen molar-refractivity contribution in [2.24, 2.45) is 0 Å². The van der Waals surface area contributed by atoms with Crippen molar-refractivity contribution in [3.63, 3.8) is 0 Å². The zero-order valence-electron chi connectivity index (χ0n) is 14.3. The summed E-state index contributed by atoms with van der Waals surface area (Å²) in [5.74, 6) is -3.15. The molecule has 7 nitrogen and oxygen atoms in total. The number of ether oxygens (including phenoxy) is 1. The lowest BCUT2D eigenvalue weighted by Gasteiger charge is -2.17. The number of hydrogen-bond donors (Lipinski definition) is 1. The van der Waals surface area contributed by atoms with Crippen LogP contribution in [0.25, 0.3) is 0 Å². The number of rotatable bonds is 7. The highest BCUT2D eigenvalue weighted by atomic mass is 19.1. The van der Waals surface area contributed by atoms with Gasteiger partial charge in [-0.25, -0.2) is 13.6 Å². The van der Waals surface area contributed by atoms with Crippen molar-refractivity contribution in [2.75, 3.05) is 7.11 Å². The van der Waals surface area contributed by atoms with E-state index in [1.165, 1.54) is 18.2 Å². The Kier molecular flexibility index (Phi) is 6.53. The van der Waals surface area contributed by atoms with Gasteiger partial charge in [-0.05, 0) is 17.7 Å². The number of carbonyl (C=O) groups excluding carboxylic acids is 2. The first-order chi connectivity index (χ1) is 12.8. The van der Waals surface area contributed by atoms with Gasteiger partial charge in [-0.2, -0.15) is 0 Å². The lowest BCUT2D eigenvalue weighted by molar-refractivity contribution is -0.385. The monoisotopic (exact) mass is 378 g/mol. The van der Waals surface area contributed by atoms with Gasteiger partial charge in [-0.15, -0.1) is 0 Å². The first-order valence-electron chi connectivity index (χ1n) is 7.84. The van der Waals surface area contributed by atoms with E-state index in [4.69, 9.17) is 0 Å². The van der Waals surface area contributed by atoms with Gasteiger partial charge in [0.05, 0.1) is 18.5 Å². The van der Waals surface area contributed by atoms with E-state index in [0.717, 1.165) is 19.2 Å². The Labute approximate surface area is 153 Å². The highest BCUT2D eigenvalue weighted by Crippen LogP contribution is 2.19. The highest BCUT2D eigenvalue weighted by Gasteiger charge is 2.25. The molecule has 0 fully saturated rings. The molecule has 0 aliphatic carbocycles. The van der Waals surface area contributed by atoms with Crippen LogP contribution in [0.2, 0.25) is 0 Å². The van der Waals surface area contributed by atoms with Crippen LogP contribution >= 0.6 is 0 Å². The van der Waals surface area contributed by atoms with Crippen LogP contribution in [0, 0.1) is 21.7 Å². The van der Waals surface area contributed by atoms with Crippen molar-refractivity contribution in [2.45, 2.75) is 18.9 Å². The summed E-state index contributed by atoms with van der Waals surface area (Å²) in [5.41, 5.74) is 0.113. The topological polar surface area (TPSA) is 98.5 Å². The van der Waals surface area contributed by atoms with Crippen molar-refractivity contribution < 1.29 is 28.0 Å². The molecule has 1 atom stereocenters. The third kappa shape index (κ3) is 5.56. The number of nitrogens with zero attached hydrogens (tertiary/aromatic N) is 1. The SMILES string of the molecule is COC(=O)[C@H](Cc1ccccc1[N+](=O)[O-])NC(=O)Cc1cc(F)cc(F)c1. The number of hydrogen-bond acceptors (Lipinski definition) is 5. The van der Waals surface area contributed by atoms with Crippen molar-refractivity contribution in [1.29, 1.82) is 0 Å². The van der Waals surface area contributed by atoms with Crippen LogP contribution in [0.15, 0.2) is 42.5 Å². The molecular formula is C18H16F2N2O5. The molecule has 0 radical (unpaired) electrons. The molecule has 2 aromatic rings. The summed E-state index contributed by atoms with van der Waals surface area (Å²) in [5, 5.41) is 13.5. The lowest BCUT2D eigenvalue weighted by atomic mass is 10.0. The summed E-state index contributed by atoms with van der Waals surface area (Å²) < 4.78 is 31.1. The molecule has 2 rings (SSSR count). The molecule has 2 aromatic carbocycles. The average molecular weight is 378 g/mol. The van der Waals surface area contributed by atoms with Gasteiger partial charge in [-0.1, -0.05) is 18.2 Å². The summed E-state index contributed by atoms with van der Waals surface area (Å²) in [6.45, 7) is 0. The molecule has 142 valence electrons. The molecule has 27 heavy (non-hydrogen) atoms. The fourth-order valence-corrected chi connectivity index (χ4v) is 2.56. The Morgan fingerprint density at radius 3 is 2.41 bits per heavy atom. The number of halogens is 2. The predicted molar refractivity (Wildman–Crippen MR) is 90.8 cm³/mol. The van der Waals surface area contributed by atoms with Crippen molar-refractivity contribution >= 4 is 17.6 Å². The van der Waals surface area contributed by atoms with Gasteiger partial charge in [0, 0.05) is 24.1 Å². The summed E-state index contributed by atoms with van der Waals surface area (Å²) >= 11 is 0. The van der Waals surface area contributed by atoms with Gasteiger partial charge in [0.25, 0.3) is 5.69 Å². The first-order valence-corrected chi connectivity index (χ1v) is 7.84. The van der Waals surface area contributed by atoms with Crippen LogP contribution in [-0.4, -0.2) is 30.0 Å². The molecule has 0 saturated heterocycles. The van der Waals surface area contributed by atoms with Crippen LogP contribution in [0.5, 0.6) is 0 Å². The second kappa shape index (κ2) is 8.84. The molecular weight excluding hydrogens is 362 g/mol. The van der Waals surface area contributed by atoms with Gasteiger partial charge in [-0.3, -0.25) is 14.9 Å². The van der Waals surface area contributed by atoms with Crippen LogP contribution in [-0.2, 0) is 27.2 Å². The molecule has 1 N–H and O–H groups in total. The van der Waals surface area contributed by atoms with Crippen LogP contribution in [0.1, 0.15) is 11.1 Å². The number of esters is 1. The van der Waals surface area contributed by atoms with Crippen molar-refractivity contribution in [3.8, 4) is 0 Å². The molecule has 0 aromatic heterocycles. The van der Waals surface area contributed by atoms with Gasteiger partial charge < -0.3 is 10.1 Å². The number of benzene rings is 2. The summed E-state index contributed by atoms with van der Waals surface area (Å²) in [4.78, 5) is 34.6. The Hall–Kier alpha value is -3.36. The van der Waals surface area contributed by atoms with E-state index < -0.39 is 34.5 Å². The fraction of sp³-hybridized carbons (Fsp3) is 0.222. The maximum Gasteiger partial charge on any atom is 0.328 e. The van der Waals surface area contributed by atoms with Crippen LogP contribution in [0.4, 0.5) is 14.5 Å².